The molecule has 3 heteroatoms. The molecule has 0 aliphatic carbocycles. The van der Waals surface area contributed by atoms with Crippen LogP contribution in [0, 0.1) is 11.8 Å². The highest BCUT2D eigenvalue weighted by atomic mass is 35.5. The maximum absolute atomic E-state index is 3.42. The van der Waals surface area contributed by atoms with Crippen LogP contribution >= 0.6 is 12.4 Å². The average molecular weight is 163 g/mol. The first-order valence-electron chi connectivity index (χ1n) is 3.75. The zero-order valence-electron chi connectivity index (χ0n) is 6.34. The number of nitrogens with zero attached hydrogens (tertiary/aromatic N) is 1. The van der Waals surface area contributed by atoms with E-state index in [9.17, 15) is 0 Å². The lowest BCUT2D eigenvalue weighted by molar-refractivity contribution is 0.382. The van der Waals surface area contributed by atoms with Crippen molar-refractivity contribution in [2.75, 3.05) is 33.2 Å². The van der Waals surface area contributed by atoms with Crippen molar-refractivity contribution in [1.82, 2.24) is 10.2 Å². The summed E-state index contributed by atoms with van der Waals surface area (Å²) in [6, 6.07) is 0. The number of fused-ring (bicyclic) bond motifs is 1. The Labute approximate surface area is 68.4 Å². The highest BCUT2D eigenvalue weighted by molar-refractivity contribution is 5.85. The van der Waals surface area contributed by atoms with Crippen LogP contribution in [0.1, 0.15) is 0 Å². The summed E-state index contributed by atoms with van der Waals surface area (Å²) < 4.78 is 0. The van der Waals surface area contributed by atoms with Crippen molar-refractivity contribution in [3.63, 3.8) is 0 Å². The average Bonchev–Trinajstić information content (AvgIpc) is 2.22. The van der Waals surface area contributed by atoms with Crippen LogP contribution in [0.2, 0.25) is 0 Å². The standard InChI is InChI=1S/C7H14N2.ClH/c1-9-4-6-2-8-3-7(6)5-9;/h6-8H,2-5H2,1H3;1H. The molecule has 2 heterocycles. The van der Waals surface area contributed by atoms with Crippen LogP contribution in [0.15, 0.2) is 0 Å². The van der Waals surface area contributed by atoms with Gasteiger partial charge in [-0.3, -0.25) is 0 Å². The topological polar surface area (TPSA) is 15.3 Å². The molecule has 0 radical (unpaired) electrons. The number of halogens is 1. The van der Waals surface area contributed by atoms with Crippen LogP contribution in [0.5, 0.6) is 0 Å². The van der Waals surface area contributed by atoms with Crippen LogP contribution in [-0.4, -0.2) is 38.1 Å². The SMILES string of the molecule is CN1CC2CNCC2C1.Cl. The van der Waals surface area contributed by atoms with Gasteiger partial charge in [0.05, 0.1) is 0 Å². The third-order valence-corrected chi connectivity index (χ3v) is 2.57. The molecule has 2 unspecified atom stereocenters. The molecule has 60 valence electrons. The molecule has 0 spiro atoms. The smallest absolute Gasteiger partial charge is 0.00225 e. The first-order chi connectivity index (χ1) is 4.36. The molecule has 0 amide bonds. The zero-order valence-corrected chi connectivity index (χ0v) is 7.16. The van der Waals surface area contributed by atoms with Gasteiger partial charge >= 0.3 is 0 Å². The minimum atomic E-state index is 0. The normalized spacial score (nSPS) is 39.3. The van der Waals surface area contributed by atoms with E-state index < -0.39 is 0 Å². The maximum atomic E-state index is 3.42. The van der Waals surface area contributed by atoms with E-state index in [2.05, 4.69) is 17.3 Å². The second-order valence-electron chi connectivity index (χ2n) is 3.40. The molecule has 2 aliphatic rings. The second kappa shape index (κ2) is 3.07. The quantitative estimate of drug-likeness (QED) is 0.547. The molecule has 2 nitrogen and oxygen atoms in total. The highest BCUT2D eigenvalue weighted by Crippen LogP contribution is 2.24. The first kappa shape index (κ1) is 8.31. The van der Waals surface area contributed by atoms with Gasteiger partial charge in [-0.05, 0) is 32.0 Å². The van der Waals surface area contributed by atoms with Crippen molar-refractivity contribution in [3.8, 4) is 0 Å². The molecule has 10 heavy (non-hydrogen) atoms. The summed E-state index contributed by atoms with van der Waals surface area (Å²) in [6.07, 6.45) is 0. The predicted molar refractivity (Wildman–Crippen MR) is 44.6 cm³/mol. The van der Waals surface area contributed by atoms with E-state index in [1.165, 1.54) is 26.2 Å². The Morgan fingerprint density at radius 3 is 2.20 bits per heavy atom. The fraction of sp³-hybridized carbons (Fsp3) is 1.00. The fourth-order valence-electron chi connectivity index (χ4n) is 2.09. The van der Waals surface area contributed by atoms with E-state index in [1.807, 2.05) is 0 Å². The fourth-order valence-corrected chi connectivity index (χ4v) is 2.09. The van der Waals surface area contributed by atoms with Gasteiger partial charge in [-0.25, -0.2) is 0 Å². The number of hydrogen-bond acceptors (Lipinski definition) is 2. The maximum Gasteiger partial charge on any atom is 0.00225 e. The van der Waals surface area contributed by atoms with E-state index in [4.69, 9.17) is 0 Å². The van der Waals surface area contributed by atoms with E-state index in [1.54, 1.807) is 0 Å². The molecule has 2 aliphatic heterocycles. The molecule has 0 saturated carbocycles. The van der Waals surface area contributed by atoms with Crippen molar-refractivity contribution in [3.05, 3.63) is 0 Å². The van der Waals surface area contributed by atoms with Crippen molar-refractivity contribution in [2.24, 2.45) is 11.8 Å². The van der Waals surface area contributed by atoms with Crippen molar-refractivity contribution in [2.45, 2.75) is 0 Å². The van der Waals surface area contributed by atoms with Crippen LogP contribution in [0.25, 0.3) is 0 Å². The lowest BCUT2D eigenvalue weighted by Gasteiger charge is -2.07. The third-order valence-electron chi connectivity index (χ3n) is 2.57. The number of hydrogen-bond donors (Lipinski definition) is 1. The molecular formula is C7H15ClN2. The summed E-state index contributed by atoms with van der Waals surface area (Å²) in [5.74, 6) is 1.94. The van der Waals surface area contributed by atoms with Gasteiger partial charge in [0.25, 0.3) is 0 Å². The number of rotatable bonds is 0. The lowest BCUT2D eigenvalue weighted by atomic mass is 10.0. The Hall–Kier alpha value is 0.210. The van der Waals surface area contributed by atoms with Crippen LogP contribution in [-0.2, 0) is 0 Å². The predicted octanol–water partition coefficient (Wildman–Crippen LogP) is 0.189. The molecule has 1 N–H and O–H groups in total. The Morgan fingerprint density at radius 2 is 1.70 bits per heavy atom. The molecule has 0 aromatic rings. The van der Waals surface area contributed by atoms with Gasteiger partial charge in [-0.2, -0.15) is 0 Å². The highest BCUT2D eigenvalue weighted by Gasteiger charge is 2.33. The molecular weight excluding hydrogens is 148 g/mol. The van der Waals surface area contributed by atoms with Gasteiger partial charge in [0.15, 0.2) is 0 Å². The third kappa shape index (κ3) is 1.29. The van der Waals surface area contributed by atoms with Crippen LogP contribution in [0.3, 0.4) is 0 Å². The van der Waals surface area contributed by atoms with Gasteiger partial charge in [-0.15, -0.1) is 12.4 Å². The van der Waals surface area contributed by atoms with E-state index >= 15 is 0 Å². The summed E-state index contributed by atoms with van der Waals surface area (Å²) in [6.45, 7) is 5.15. The van der Waals surface area contributed by atoms with Crippen molar-refractivity contribution < 1.29 is 0 Å². The van der Waals surface area contributed by atoms with Crippen molar-refractivity contribution in [1.29, 1.82) is 0 Å². The molecule has 2 rings (SSSR count). The first-order valence-corrected chi connectivity index (χ1v) is 3.75. The summed E-state index contributed by atoms with van der Waals surface area (Å²) in [5.41, 5.74) is 0. The van der Waals surface area contributed by atoms with Gasteiger partial charge < -0.3 is 10.2 Å². The molecule has 2 saturated heterocycles. The number of likely N-dealkylation sites (tertiary alicyclic amines) is 1. The van der Waals surface area contributed by atoms with Gasteiger partial charge in [-0.1, -0.05) is 0 Å². The van der Waals surface area contributed by atoms with Crippen LogP contribution < -0.4 is 5.32 Å². The molecule has 2 atom stereocenters. The monoisotopic (exact) mass is 162 g/mol. The van der Waals surface area contributed by atoms with Gasteiger partial charge in [0.2, 0.25) is 0 Å². The Morgan fingerprint density at radius 1 is 1.20 bits per heavy atom. The zero-order chi connectivity index (χ0) is 6.27. The molecule has 2 fully saturated rings. The summed E-state index contributed by atoms with van der Waals surface area (Å²) >= 11 is 0. The van der Waals surface area contributed by atoms with Gasteiger partial charge in [0, 0.05) is 13.1 Å². The minimum absolute atomic E-state index is 0. The van der Waals surface area contributed by atoms with Gasteiger partial charge in [0.1, 0.15) is 0 Å². The second-order valence-corrected chi connectivity index (χ2v) is 3.40. The molecule has 0 bridgehead atoms. The number of nitrogens with one attached hydrogen (secondary N) is 1. The summed E-state index contributed by atoms with van der Waals surface area (Å²) in [5, 5.41) is 3.42. The summed E-state index contributed by atoms with van der Waals surface area (Å²) in [7, 11) is 2.22. The molecule has 0 aromatic carbocycles. The van der Waals surface area contributed by atoms with Crippen LogP contribution in [0.4, 0.5) is 0 Å². The van der Waals surface area contributed by atoms with E-state index in [-0.39, 0.29) is 12.4 Å². The minimum Gasteiger partial charge on any atom is -0.316 e. The van der Waals surface area contributed by atoms with E-state index in [0.717, 1.165) is 11.8 Å². The lowest BCUT2D eigenvalue weighted by Crippen LogP contribution is -2.21. The Kier molecular flexibility index (Phi) is 2.55. The van der Waals surface area contributed by atoms with Crippen molar-refractivity contribution >= 4 is 12.4 Å². The molecule has 0 aromatic heterocycles. The van der Waals surface area contributed by atoms with E-state index in [0.29, 0.717) is 0 Å². The Balaban J connectivity index is 0.000000500. The Bertz CT molecular complexity index is 106. The largest absolute Gasteiger partial charge is 0.316 e. The summed E-state index contributed by atoms with van der Waals surface area (Å²) in [4.78, 5) is 2.44.